The SMILES string of the molecule is C[C@@H]1[C@H](C)CCC[C@@H]1NC(=S)NNC(=O)c1cc([N+](=O)[O-])ccc1N1CCCC1. The lowest BCUT2D eigenvalue weighted by molar-refractivity contribution is -0.384. The van der Waals surface area contributed by atoms with Crippen molar-refractivity contribution in [2.75, 3.05) is 18.0 Å². The highest BCUT2D eigenvalue weighted by Crippen LogP contribution is 2.30. The smallest absolute Gasteiger partial charge is 0.272 e. The molecule has 0 radical (unpaired) electrons. The molecule has 9 heteroatoms. The van der Waals surface area contributed by atoms with E-state index >= 15 is 0 Å². The van der Waals surface area contributed by atoms with Crippen molar-refractivity contribution < 1.29 is 9.72 Å². The molecular weight excluding hydrogens is 390 g/mol. The minimum atomic E-state index is -0.490. The summed E-state index contributed by atoms with van der Waals surface area (Å²) in [6.45, 7) is 6.14. The first-order valence-electron chi connectivity index (χ1n) is 10.3. The van der Waals surface area contributed by atoms with Crippen LogP contribution in [0.1, 0.15) is 56.3 Å². The van der Waals surface area contributed by atoms with E-state index in [1.807, 2.05) is 0 Å². The summed E-state index contributed by atoms with van der Waals surface area (Å²) in [5, 5.41) is 14.8. The second-order valence-corrected chi connectivity index (χ2v) is 8.49. The van der Waals surface area contributed by atoms with Gasteiger partial charge in [-0.15, -0.1) is 0 Å². The molecule has 29 heavy (non-hydrogen) atoms. The highest BCUT2D eigenvalue weighted by atomic mass is 32.1. The molecule has 1 amide bonds. The van der Waals surface area contributed by atoms with Gasteiger partial charge in [0.1, 0.15) is 0 Å². The van der Waals surface area contributed by atoms with Crippen molar-refractivity contribution in [3.63, 3.8) is 0 Å². The van der Waals surface area contributed by atoms with Crippen LogP contribution >= 0.6 is 12.2 Å². The van der Waals surface area contributed by atoms with Gasteiger partial charge in [0.2, 0.25) is 0 Å². The molecule has 0 bridgehead atoms. The van der Waals surface area contributed by atoms with Crippen LogP contribution in [-0.2, 0) is 0 Å². The number of benzene rings is 1. The number of carbonyl (C=O) groups is 1. The van der Waals surface area contributed by atoms with E-state index in [4.69, 9.17) is 12.2 Å². The molecule has 0 spiro atoms. The summed E-state index contributed by atoms with van der Waals surface area (Å²) in [6.07, 6.45) is 5.52. The molecule has 2 fully saturated rings. The number of hydrogen-bond acceptors (Lipinski definition) is 5. The Morgan fingerprint density at radius 3 is 2.59 bits per heavy atom. The lowest BCUT2D eigenvalue weighted by Crippen LogP contribution is -2.52. The summed E-state index contributed by atoms with van der Waals surface area (Å²) < 4.78 is 0. The topological polar surface area (TPSA) is 99.5 Å². The van der Waals surface area contributed by atoms with Gasteiger partial charge in [-0.3, -0.25) is 25.8 Å². The van der Waals surface area contributed by atoms with E-state index in [1.54, 1.807) is 6.07 Å². The molecule has 8 nitrogen and oxygen atoms in total. The van der Waals surface area contributed by atoms with Gasteiger partial charge in [0, 0.05) is 31.3 Å². The van der Waals surface area contributed by atoms with Crippen LogP contribution in [-0.4, -0.2) is 35.1 Å². The fourth-order valence-electron chi connectivity index (χ4n) is 4.22. The van der Waals surface area contributed by atoms with Gasteiger partial charge in [0.15, 0.2) is 5.11 Å². The average molecular weight is 420 g/mol. The molecule has 1 heterocycles. The van der Waals surface area contributed by atoms with Crippen molar-refractivity contribution in [2.45, 2.75) is 52.0 Å². The molecule has 3 rings (SSSR count). The van der Waals surface area contributed by atoms with Gasteiger partial charge in [0.05, 0.1) is 16.2 Å². The maximum Gasteiger partial charge on any atom is 0.272 e. The zero-order chi connectivity index (χ0) is 21.0. The number of amides is 1. The van der Waals surface area contributed by atoms with Gasteiger partial charge in [-0.1, -0.05) is 26.7 Å². The summed E-state index contributed by atoms with van der Waals surface area (Å²) >= 11 is 5.35. The number of hydrogen-bond donors (Lipinski definition) is 3. The molecule has 1 aromatic rings. The maximum atomic E-state index is 12.8. The number of thiocarbonyl (C=S) groups is 1. The summed E-state index contributed by atoms with van der Waals surface area (Å²) in [5.41, 5.74) is 6.24. The molecule has 1 aliphatic heterocycles. The number of hydrazine groups is 1. The molecule has 3 N–H and O–H groups in total. The molecule has 1 saturated carbocycles. The Morgan fingerprint density at radius 1 is 1.17 bits per heavy atom. The molecule has 1 saturated heterocycles. The van der Waals surface area contributed by atoms with Gasteiger partial charge < -0.3 is 10.2 Å². The number of nitro benzene ring substituents is 1. The summed E-state index contributed by atoms with van der Waals surface area (Å²) in [7, 11) is 0. The monoisotopic (exact) mass is 419 g/mol. The summed E-state index contributed by atoms with van der Waals surface area (Å²) in [4.78, 5) is 25.6. The van der Waals surface area contributed by atoms with Crippen LogP contribution in [0.4, 0.5) is 11.4 Å². The molecule has 158 valence electrons. The quantitative estimate of drug-likeness (QED) is 0.392. The van der Waals surface area contributed by atoms with Crippen LogP contribution in [0.15, 0.2) is 18.2 Å². The fourth-order valence-corrected chi connectivity index (χ4v) is 4.43. The highest BCUT2D eigenvalue weighted by Gasteiger charge is 2.28. The largest absolute Gasteiger partial charge is 0.371 e. The molecule has 1 aromatic carbocycles. The van der Waals surface area contributed by atoms with E-state index in [-0.39, 0.29) is 17.3 Å². The normalized spacial score (nSPS) is 24.1. The lowest BCUT2D eigenvalue weighted by Gasteiger charge is -2.35. The average Bonchev–Trinajstić information content (AvgIpc) is 3.24. The van der Waals surface area contributed by atoms with Crippen LogP contribution in [0.3, 0.4) is 0 Å². The standard InChI is InChI=1S/C20H29N5O3S/c1-13-6-5-7-17(14(13)2)21-20(29)23-22-19(26)16-12-15(25(27)28)8-9-18(16)24-10-3-4-11-24/h8-9,12-14,17H,3-7,10-11H2,1-2H3,(H,22,26)(H2,21,23,29)/t13-,14-,17+/m1/s1. The first-order valence-corrected chi connectivity index (χ1v) is 10.7. The van der Waals surface area contributed by atoms with Crippen LogP contribution in [0.25, 0.3) is 0 Å². The van der Waals surface area contributed by atoms with Crippen molar-refractivity contribution in [3.05, 3.63) is 33.9 Å². The van der Waals surface area contributed by atoms with Gasteiger partial charge in [-0.2, -0.15) is 0 Å². The predicted octanol–water partition coefficient (Wildman–Crippen LogP) is 3.13. The number of nitrogens with one attached hydrogen (secondary N) is 3. The predicted molar refractivity (Wildman–Crippen MR) is 117 cm³/mol. The molecule has 1 aliphatic carbocycles. The van der Waals surface area contributed by atoms with Crippen LogP contribution in [0, 0.1) is 22.0 Å². The van der Waals surface area contributed by atoms with Gasteiger partial charge in [-0.05, 0) is 49.4 Å². The van der Waals surface area contributed by atoms with Gasteiger partial charge in [0.25, 0.3) is 11.6 Å². The molecular formula is C20H29N5O3S. The maximum absolute atomic E-state index is 12.8. The summed E-state index contributed by atoms with van der Waals surface area (Å²) in [6, 6.07) is 4.69. The van der Waals surface area contributed by atoms with Crippen LogP contribution < -0.4 is 21.1 Å². The zero-order valence-electron chi connectivity index (χ0n) is 16.9. The highest BCUT2D eigenvalue weighted by molar-refractivity contribution is 7.80. The van der Waals surface area contributed by atoms with E-state index in [0.717, 1.165) is 38.8 Å². The Bertz CT molecular complexity index is 781. The second kappa shape index (κ2) is 9.39. The van der Waals surface area contributed by atoms with Gasteiger partial charge >= 0.3 is 0 Å². The Kier molecular flexibility index (Phi) is 6.89. The molecule has 0 aromatic heterocycles. The second-order valence-electron chi connectivity index (χ2n) is 8.08. The Morgan fingerprint density at radius 2 is 1.90 bits per heavy atom. The fraction of sp³-hybridized carbons (Fsp3) is 0.600. The van der Waals surface area contributed by atoms with E-state index in [0.29, 0.717) is 22.6 Å². The van der Waals surface area contributed by atoms with Crippen molar-refractivity contribution in [1.29, 1.82) is 0 Å². The van der Waals surface area contributed by atoms with Crippen molar-refractivity contribution in [1.82, 2.24) is 16.2 Å². The van der Waals surface area contributed by atoms with E-state index in [1.165, 1.54) is 18.6 Å². The van der Waals surface area contributed by atoms with Crippen LogP contribution in [0.5, 0.6) is 0 Å². The van der Waals surface area contributed by atoms with Crippen LogP contribution in [0.2, 0.25) is 0 Å². The third kappa shape index (κ3) is 5.14. The van der Waals surface area contributed by atoms with E-state index < -0.39 is 10.8 Å². The minimum Gasteiger partial charge on any atom is -0.371 e. The number of carbonyl (C=O) groups excluding carboxylic acids is 1. The third-order valence-corrected chi connectivity index (χ3v) is 6.42. The van der Waals surface area contributed by atoms with E-state index in [9.17, 15) is 14.9 Å². The van der Waals surface area contributed by atoms with Crippen molar-refractivity contribution in [2.24, 2.45) is 11.8 Å². The number of nitrogens with zero attached hydrogens (tertiary/aromatic N) is 2. The lowest BCUT2D eigenvalue weighted by atomic mass is 9.78. The molecule has 3 atom stereocenters. The number of non-ortho nitro benzene ring substituents is 1. The molecule has 2 aliphatic rings. The first kappa shape index (κ1) is 21.3. The number of rotatable bonds is 4. The zero-order valence-corrected chi connectivity index (χ0v) is 17.8. The van der Waals surface area contributed by atoms with Crippen molar-refractivity contribution in [3.8, 4) is 0 Å². The molecule has 0 unspecified atom stereocenters. The Balaban J connectivity index is 1.65. The number of anilines is 1. The Labute approximate surface area is 176 Å². The van der Waals surface area contributed by atoms with E-state index in [2.05, 4.69) is 34.9 Å². The number of nitro groups is 1. The third-order valence-electron chi connectivity index (χ3n) is 6.20. The first-order chi connectivity index (χ1) is 13.9. The van der Waals surface area contributed by atoms with Crippen molar-refractivity contribution >= 4 is 34.6 Å². The summed E-state index contributed by atoms with van der Waals surface area (Å²) in [5.74, 6) is 0.689. The minimum absolute atomic E-state index is 0.108. The van der Waals surface area contributed by atoms with Gasteiger partial charge in [-0.25, -0.2) is 0 Å². The Hall–Kier alpha value is -2.42.